The summed E-state index contributed by atoms with van der Waals surface area (Å²) >= 11 is 0. The molecule has 1 aliphatic rings. The maximum Gasteiger partial charge on any atom is 0.309 e. The summed E-state index contributed by atoms with van der Waals surface area (Å²) in [5.41, 5.74) is 2.19. The lowest BCUT2D eigenvalue weighted by Crippen LogP contribution is -2.50. The van der Waals surface area contributed by atoms with Crippen LogP contribution in [-0.2, 0) is 16.0 Å². The quantitative estimate of drug-likeness (QED) is 0.365. The molecule has 2 aromatic carbocycles. The number of hydrogen-bond acceptors (Lipinski definition) is 5. The lowest BCUT2D eigenvalue weighted by Gasteiger charge is -2.39. The van der Waals surface area contributed by atoms with E-state index in [9.17, 15) is 14.0 Å². The van der Waals surface area contributed by atoms with Crippen LogP contribution in [0.3, 0.4) is 0 Å². The minimum atomic E-state index is -0.647. The molecule has 0 bridgehead atoms. The Bertz CT molecular complexity index is 1070. The Kier molecular flexibility index (Phi) is 8.51. The fraction of sp³-hybridized carbons (Fsp3) is 0.333. The molecule has 0 radical (unpaired) electrons. The van der Waals surface area contributed by atoms with Crippen LogP contribution in [0, 0.1) is 5.82 Å². The molecule has 2 N–H and O–H groups in total. The normalized spacial score (nSPS) is 14.9. The molecular weight excluding hydrogens is 447 g/mol. The third-order valence-electron chi connectivity index (χ3n) is 6.25. The number of furan rings is 1. The van der Waals surface area contributed by atoms with Gasteiger partial charge in [0.15, 0.2) is 0 Å². The highest BCUT2D eigenvalue weighted by molar-refractivity contribution is 6.35. The molecule has 35 heavy (non-hydrogen) atoms. The second-order valence-corrected chi connectivity index (χ2v) is 8.59. The average Bonchev–Trinajstić information content (AvgIpc) is 3.43. The van der Waals surface area contributed by atoms with Crippen LogP contribution in [0.1, 0.15) is 23.8 Å². The first kappa shape index (κ1) is 24.5. The first-order chi connectivity index (χ1) is 17.1. The van der Waals surface area contributed by atoms with Crippen molar-refractivity contribution in [1.82, 2.24) is 15.5 Å². The van der Waals surface area contributed by atoms with Crippen LogP contribution in [0.25, 0.3) is 0 Å². The Morgan fingerprint density at radius 2 is 1.60 bits per heavy atom. The summed E-state index contributed by atoms with van der Waals surface area (Å²) in [6, 6.07) is 20.1. The van der Waals surface area contributed by atoms with Crippen molar-refractivity contribution in [3.63, 3.8) is 0 Å². The number of carbonyl (C=O) groups excluding carboxylic acids is 2. The summed E-state index contributed by atoms with van der Waals surface area (Å²) in [7, 11) is 0. The van der Waals surface area contributed by atoms with E-state index in [1.165, 1.54) is 17.7 Å². The molecule has 2 heterocycles. The number of nitrogens with zero attached hydrogens (tertiary/aromatic N) is 2. The van der Waals surface area contributed by atoms with Gasteiger partial charge in [0.05, 0.1) is 12.3 Å². The number of carbonyl (C=O) groups is 2. The first-order valence-corrected chi connectivity index (χ1v) is 12.0. The number of anilines is 1. The van der Waals surface area contributed by atoms with E-state index in [0.29, 0.717) is 6.54 Å². The van der Waals surface area contributed by atoms with E-state index in [-0.39, 0.29) is 18.4 Å². The van der Waals surface area contributed by atoms with Crippen LogP contribution in [-0.4, -0.2) is 56.0 Å². The van der Waals surface area contributed by atoms with Crippen LogP contribution in [0.2, 0.25) is 0 Å². The Morgan fingerprint density at radius 1 is 0.886 bits per heavy atom. The van der Waals surface area contributed by atoms with E-state index in [0.717, 1.165) is 50.5 Å². The maximum atomic E-state index is 13.2. The van der Waals surface area contributed by atoms with Crippen molar-refractivity contribution in [2.24, 2.45) is 0 Å². The van der Waals surface area contributed by atoms with E-state index in [1.807, 2.05) is 42.5 Å². The summed E-state index contributed by atoms with van der Waals surface area (Å²) < 4.78 is 18.9. The highest BCUT2D eigenvalue weighted by Gasteiger charge is 2.28. The van der Waals surface area contributed by atoms with Gasteiger partial charge in [-0.05, 0) is 54.8 Å². The van der Waals surface area contributed by atoms with Gasteiger partial charge in [-0.3, -0.25) is 14.5 Å². The highest BCUT2D eigenvalue weighted by Crippen LogP contribution is 2.24. The van der Waals surface area contributed by atoms with Gasteiger partial charge in [0.1, 0.15) is 11.6 Å². The molecule has 7 nitrogen and oxygen atoms in total. The van der Waals surface area contributed by atoms with E-state index >= 15 is 0 Å². The number of benzene rings is 2. The van der Waals surface area contributed by atoms with Gasteiger partial charge in [-0.1, -0.05) is 30.3 Å². The molecule has 1 fully saturated rings. The van der Waals surface area contributed by atoms with Crippen molar-refractivity contribution in [1.29, 1.82) is 0 Å². The second-order valence-electron chi connectivity index (χ2n) is 8.59. The predicted molar refractivity (Wildman–Crippen MR) is 132 cm³/mol. The lowest BCUT2D eigenvalue weighted by molar-refractivity contribution is -0.139. The van der Waals surface area contributed by atoms with Crippen molar-refractivity contribution in [2.45, 2.75) is 18.9 Å². The summed E-state index contributed by atoms with van der Waals surface area (Å²) in [5.74, 6) is -0.784. The van der Waals surface area contributed by atoms with Crippen LogP contribution in [0.15, 0.2) is 77.4 Å². The molecule has 1 saturated heterocycles. The number of halogens is 1. The second kappa shape index (κ2) is 12.2. The molecule has 0 spiro atoms. The van der Waals surface area contributed by atoms with E-state index in [1.54, 1.807) is 18.4 Å². The number of hydrogen-bond donors (Lipinski definition) is 2. The molecule has 0 unspecified atom stereocenters. The Morgan fingerprint density at radius 3 is 2.29 bits per heavy atom. The van der Waals surface area contributed by atoms with Gasteiger partial charge in [-0.15, -0.1) is 0 Å². The standard InChI is InChI=1S/C27H31FN4O3/c28-22-10-12-23(13-11-22)31-15-17-32(18-16-31)24(25-9-5-19-35-25)20-30-27(34)26(33)29-14-4-8-21-6-2-1-3-7-21/h1-3,5-7,9-13,19,24H,4,8,14-18,20H2,(H,29,33)(H,30,34)/t24-/m0/s1. The molecule has 1 aromatic heterocycles. The lowest BCUT2D eigenvalue weighted by atomic mass is 10.1. The molecule has 184 valence electrons. The zero-order valence-electron chi connectivity index (χ0n) is 19.7. The number of aryl methyl sites for hydroxylation is 1. The predicted octanol–water partition coefficient (Wildman–Crippen LogP) is 3.15. The third-order valence-corrected chi connectivity index (χ3v) is 6.25. The van der Waals surface area contributed by atoms with Gasteiger partial charge < -0.3 is 20.0 Å². The maximum absolute atomic E-state index is 13.2. The van der Waals surface area contributed by atoms with E-state index < -0.39 is 11.8 Å². The summed E-state index contributed by atoms with van der Waals surface area (Å²) in [4.78, 5) is 29.1. The van der Waals surface area contributed by atoms with Crippen molar-refractivity contribution in [2.75, 3.05) is 44.2 Å². The SMILES string of the molecule is O=C(NCCCc1ccccc1)C(=O)NC[C@@H](c1ccco1)N1CCN(c2ccc(F)cc2)CC1. The number of piperazine rings is 1. The minimum absolute atomic E-state index is 0.185. The van der Waals surface area contributed by atoms with Gasteiger partial charge >= 0.3 is 11.8 Å². The number of nitrogens with one attached hydrogen (secondary N) is 2. The summed E-state index contributed by atoms with van der Waals surface area (Å²) in [6.07, 6.45) is 3.21. The molecule has 0 aliphatic carbocycles. The van der Waals surface area contributed by atoms with Crippen molar-refractivity contribution in [3.05, 3.63) is 90.1 Å². The van der Waals surface area contributed by atoms with Crippen molar-refractivity contribution < 1.29 is 18.4 Å². The van der Waals surface area contributed by atoms with Gasteiger partial charge in [0.2, 0.25) is 0 Å². The largest absolute Gasteiger partial charge is 0.468 e. The minimum Gasteiger partial charge on any atom is -0.468 e. The third kappa shape index (κ3) is 6.93. The fourth-order valence-electron chi connectivity index (χ4n) is 4.32. The number of amides is 2. The molecule has 8 heteroatoms. The topological polar surface area (TPSA) is 77.8 Å². The molecule has 2 amide bonds. The molecule has 1 aliphatic heterocycles. The molecule has 3 aromatic rings. The highest BCUT2D eigenvalue weighted by atomic mass is 19.1. The van der Waals surface area contributed by atoms with Gasteiger partial charge in [-0.2, -0.15) is 0 Å². The van der Waals surface area contributed by atoms with E-state index in [4.69, 9.17) is 4.42 Å². The van der Waals surface area contributed by atoms with Gasteiger partial charge in [0, 0.05) is 45.0 Å². The fourth-order valence-corrected chi connectivity index (χ4v) is 4.32. The Hall–Kier alpha value is -3.65. The Labute approximate surface area is 204 Å². The number of rotatable bonds is 9. The van der Waals surface area contributed by atoms with Crippen molar-refractivity contribution >= 4 is 17.5 Å². The Balaban J connectivity index is 1.25. The average molecular weight is 479 g/mol. The van der Waals surface area contributed by atoms with Crippen LogP contribution in [0.5, 0.6) is 0 Å². The smallest absolute Gasteiger partial charge is 0.309 e. The summed E-state index contributed by atoms with van der Waals surface area (Å²) in [6.45, 7) is 3.71. The van der Waals surface area contributed by atoms with Crippen LogP contribution in [0.4, 0.5) is 10.1 Å². The monoisotopic (exact) mass is 478 g/mol. The van der Waals surface area contributed by atoms with E-state index in [2.05, 4.69) is 20.4 Å². The zero-order valence-corrected chi connectivity index (χ0v) is 19.7. The van der Waals surface area contributed by atoms with Crippen LogP contribution >= 0.6 is 0 Å². The molecule has 1 atom stereocenters. The van der Waals surface area contributed by atoms with Crippen molar-refractivity contribution in [3.8, 4) is 0 Å². The van der Waals surface area contributed by atoms with Gasteiger partial charge in [0.25, 0.3) is 0 Å². The van der Waals surface area contributed by atoms with Gasteiger partial charge in [-0.25, -0.2) is 4.39 Å². The summed E-state index contributed by atoms with van der Waals surface area (Å²) in [5, 5.41) is 5.47. The zero-order chi connectivity index (χ0) is 24.5. The molecule has 4 rings (SSSR count). The van der Waals surface area contributed by atoms with Crippen LogP contribution < -0.4 is 15.5 Å². The molecular formula is C27H31FN4O3. The molecule has 0 saturated carbocycles. The first-order valence-electron chi connectivity index (χ1n) is 12.0.